The van der Waals surface area contributed by atoms with Crippen LogP contribution in [0.25, 0.3) is 0 Å². The van der Waals surface area contributed by atoms with Crippen molar-refractivity contribution in [3.05, 3.63) is 12.2 Å². The predicted molar refractivity (Wildman–Crippen MR) is 74.2 cm³/mol. The molecule has 0 spiro atoms. The molecule has 0 aliphatic heterocycles. The van der Waals surface area contributed by atoms with Crippen LogP contribution in [0.1, 0.15) is 6.92 Å². The first kappa shape index (κ1) is 19.6. The molecule has 0 fully saturated rings. The van der Waals surface area contributed by atoms with Crippen molar-refractivity contribution in [3.8, 4) is 0 Å². The third-order valence-corrected chi connectivity index (χ3v) is 2.80. The molecule has 0 rings (SSSR count). The molecule has 0 heterocycles. The number of carbonyl (C=O) groups excluding carboxylic acids is 4. The summed E-state index contributed by atoms with van der Waals surface area (Å²) in [6.07, 6.45) is 0. The van der Waals surface area contributed by atoms with Gasteiger partial charge >= 0.3 is 5.97 Å². The van der Waals surface area contributed by atoms with E-state index < -0.39 is 54.5 Å². The monoisotopic (exact) mass is 314 g/mol. The first-order chi connectivity index (χ1) is 10.1. The number of Topliss-reactive ketones (excluding diaryl/α,β-unsaturated/α-hetero) is 2. The number of nitrogens with zero attached hydrogens (tertiary/aromatic N) is 1. The fourth-order valence-corrected chi connectivity index (χ4v) is 1.82. The highest BCUT2D eigenvalue weighted by atomic mass is 16.4. The van der Waals surface area contributed by atoms with Crippen molar-refractivity contribution in [1.82, 2.24) is 4.90 Å². The normalized spacial score (nSPS) is 12.9. The molecule has 0 aliphatic rings. The number of carboxylic acid groups (broad SMARTS) is 1. The first-order valence-electron chi connectivity index (χ1n) is 6.05. The maximum Gasteiger partial charge on any atom is 0.346 e. The fourth-order valence-electron chi connectivity index (χ4n) is 1.82. The Morgan fingerprint density at radius 3 is 1.64 bits per heavy atom. The van der Waals surface area contributed by atoms with E-state index in [9.17, 15) is 29.1 Å². The average Bonchev–Trinajstić information content (AvgIpc) is 2.49. The van der Waals surface area contributed by atoms with Crippen molar-refractivity contribution in [2.75, 3.05) is 19.6 Å². The number of rotatable bonds is 8. The summed E-state index contributed by atoms with van der Waals surface area (Å²) >= 11 is 0. The van der Waals surface area contributed by atoms with E-state index in [0.717, 1.165) is 6.92 Å². The average molecular weight is 314 g/mol. The largest absolute Gasteiger partial charge is 0.479 e. The van der Waals surface area contributed by atoms with Crippen LogP contribution in [0.4, 0.5) is 0 Å². The zero-order chi connectivity index (χ0) is 17.7. The molecule has 7 N–H and O–H groups in total. The zero-order valence-electron chi connectivity index (χ0n) is 12.0. The van der Waals surface area contributed by atoms with Crippen LogP contribution in [-0.2, 0) is 24.0 Å². The molecule has 22 heavy (non-hydrogen) atoms. The van der Waals surface area contributed by atoms with E-state index in [4.69, 9.17) is 17.2 Å². The summed E-state index contributed by atoms with van der Waals surface area (Å²) in [5, 5.41) is 9.44. The highest BCUT2D eigenvalue weighted by Crippen LogP contribution is 2.23. The molecule has 0 aromatic rings. The van der Waals surface area contributed by atoms with Crippen LogP contribution in [0.3, 0.4) is 0 Å². The van der Waals surface area contributed by atoms with E-state index in [1.807, 2.05) is 0 Å². The Balaban J connectivity index is 6.68. The highest BCUT2D eigenvalue weighted by Gasteiger charge is 2.60. The zero-order valence-corrected chi connectivity index (χ0v) is 12.0. The van der Waals surface area contributed by atoms with Crippen LogP contribution >= 0.6 is 0 Å². The minimum Gasteiger partial charge on any atom is -0.479 e. The number of imide groups is 1. The lowest BCUT2D eigenvalue weighted by atomic mass is 9.83. The Hall–Kier alpha value is -2.43. The van der Waals surface area contributed by atoms with Crippen molar-refractivity contribution >= 4 is 29.4 Å². The van der Waals surface area contributed by atoms with Crippen molar-refractivity contribution in [2.45, 2.75) is 12.5 Å². The molecule has 10 nitrogen and oxygen atoms in total. The first-order valence-corrected chi connectivity index (χ1v) is 6.05. The topological polar surface area (TPSA) is 187 Å². The second-order valence-corrected chi connectivity index (χ2v) is 4.28. The minimum atomic E-state index is -3.16. The van der Waals surface area contributed by atoms with Gasteiger partial charge in [0.2, 0.25) is 17.6 Å². The highest BCUT2D eigenvalue weighted by molar-refractivity contribution is 6.34. The van der Waals surface area contributed by atoms with Crippen LogP contribution in [0.5, 0.6) is 0 Å². The molecular formula is C12H18N4O6. The molecular weight excluding hydrogens is 296 g/mol. The number of carboxylic acids is 1. The second-order valence-electron chi connectivity index (χ2n) is 4.28. The van der Waals surface area contributed by atoms with Gasteiger partial charge in [-0.15, -0.1) is 0 Å². The van der Waals surface area contributed by atoms with Crippen molar-refractivity contribution in [2.24, 2.45) is 17.2 Å². The van der Waals surface area contributed by atoms with E-state index in [1.165, 1.54) is 0 Å². The van der Waals surface area contributed by atoms with E-state index >= 15 is 0 Å². The minimum absolute atomic E-state index is 0.0401. The summed E-state index contributed by atoms with van der Waals surface area (Å²) in [5.74, 6) is -7.27. The molecule has 0 aromatic heterocycles. The Kier molecular flexibility index (Phi) is 6.71. The van der Waals surface area contributed by atoms with Crippen LogP contribution < -0.4 is 17.2 Å². The molecule has 0 saturated heterocycles. The van der Waals surface area contributed by atoms with Crippen molar-refractivity contribution in [1.29, 1.82) is 0 Å². The van der Waals surface area contributed by atoms with Gasteiger partial charge in [-0.05, 0) is 12.5 Å². The summed E-state index contributed by atoms with van der Waals surface area (Å²) < 4.78 is 0. The number of carbonyl (C=O) groups is 5. The smallest absolute Gasteiger partial charge is 0.346 e. The van der Waals surface area contributed by atoms with Gasteiger partial charge in [-0.1, -0.05) is 6.58 Å². The van der Waals surface area contributed by atoms with Gasteiger partial charge in [-0.3, -0.25) is 19.2 Å². The SMILES string of the molecule is C=C(C)C(=O)C(C(=O)O)(C(=O)CN)N(C(=O)CN)C(=O)CN. The third kappa shape index (κ3) is 3.08. The summed E-state index contributed by atoms with van der Waals surface area (Å²) in [5.41, 5.74) is 11.9. The summed E-state index contributed by atoms with van der Waals surface area (Å²) in [6, 6.07) is 0. The van der Waals surface area contributed by atoms with E-state index in [-0.39, 0.29) is 10.5 Å². The maximum atomic E-state index is 12.3. The maximum absolute atomic E-state index is 12.3. The van der Waals surface area contributed by atoms with Gasteiger partial charge in [0.05, 0.1) is 19.6 Å². The van der Waals surface area contributed by atoms with Crippen molar-refractivity contribution < 1.29 is 29.1 Å². The van der Waals surface area contributed by atoms with Crippen molar-refractivity contribution in [3.63, 3.8) is 0 Å². The van der Waals surface area contributed by atoms with Crippen LogP contribution in [0.15, 0.2) is 12.2 Å². The lowest BCUT2D eigenvalue weighted by molar-refractivity contribution is -0.172. The van der Waals surface area contributed by atoms with E-state index in [1.54, 1.807) is 0 Å². The summed E-state index contributed by atoms with van der Waals surface area (Å²) in [6.45, 7) is 1.84. The van der Waals surface area contributed by atoms with Gasteiger partial charge in [0, 0.05) is 0 Å². The molecule has 2 amide bonds. The van der Waals surface area contributed by atoms with Crippen LogP contribution in [0, 0.1) is 0 Å². The van der Waals surface area contributed by atoms with E-state index in [2.05, 4.69) is 6.58 Å². The Morgan fingerprint density at radius 2 is 1.41 bits per heavy atom. The quantitative estimate of drug-likeness (QED) is 0.263. The number of amides is 2. The molecule has 122 valence electrons. The Morgan fingerprint density at radius 1 is 1.00 bits per heavy atom. The van der Waals surface area contributed by atoms with Gasteiger partial charge in [-0.25, -0.2) is 9.69 Å². The van der Waals surface area contributed by atoms with Gasteiger partial charge in [-0.2, -0.15) is 0 Å². The standard InChI is InChI=1S/C12H18N4O6/c1-6(2)10(20)12(11(21)22,7(17)3-13)16(8(18)4-14)9(19)5-15/h1,3-5,13-15H2,2H3,(H,21,22). The summed E-state index contributed by atoms with van der Waals surface area (Å²) in [4.78, 5) is 59.9. The second kappa shape index (κ2) is 7.54. The Labute approximate surface area is 125 Å². The molecule has 0 aliphatic carbocycles. The van der Waals surface area contributed by atoms with Gasteiger partial charge in [0.15, 0.2) is 5.78 Å². The van der Waals surface area contributed by atoms with E-state index in [0.29, 0.717) is 0 Å². The molecule has 0 saturated carbocycles. The molecule has 1 atom stereocenters. The number of hydrogen-bond acceptors (Lipinski definition) is 8. The molecule has 10 heteroatoms. The molecule has 0 radical (unpaired) electrons. The molecule has 0 bridgehead atoms. The molecule has 1 unspecified atom stereocenters. The number of nitrogens with two attached hydrogens (primary N) is 3. The van der Waals surface area contributed by atoms with Gasteiger partial charge in [0.1, 0.15) is 0 Å². The molecule has 0 aromatic carbocycles. The predicted octanol–water partition coefficient (Wildman–Crippen LogP) is -3.24. The lowest BCUT2D eigenvalue weighted by Crippen LogP contribution is -2.71. The Bertz CT molecular complexity index is 528. The van der Waals surface area contributed by atoms with Gasteiger partial charge in [0.25, 0.3) is 5.54 Å². The lowest BCUT2D eigenvalue weighted by Gasteiger charge is -2.36. The van der Waals surface area contributed by atoms with Crippen LogP contribution in [-0.4, -0.2) is 64.5 Å². The fraction of sp³-hybridized carbons (Fsp3) is 0.417. The van der Waals surface area contributed by atoms with Crippen LogP contribution in [0.2, 0.25) is 0 Å². The van der Waals surface area contributed by atoms with Gasteiger partial charge < -0.3 is 22.3 Å². The number of aliphatic carboxylic acids is 1. The summed E-state index contributed by atoms with van der Waals surface area (Å²) in [7, 11) is 0. The third-order valence-electron chi connectivity index (χ3n) is 2.80. The number of hydrogen-bond donors (Lipinski definition) is 4. The number of ketones is 2.